The van der Waals surface area contributed by atoms with Gasteiger partial charge in [-0.05, 0) is 12.0 Å². The van der Waals surface area contributed by atoms with Gasteiger partial charge >= 0.3 is 5.97 Å². The Balaban J connectivity index is 1.78. The van der Waals surface area contributed by atoms with Crippen molar-refractivity contribution in [3.8, 4) is 0 Å². The molecule has 10 nitrogen and oxygen atoms in total. The van der Waals surface area contributed by atoms with Gasteiger partial charge in [0.15, 0.2) is 10.8 Å². The minimum Gasteiger partial charge on any atom is -0.477 e. The molecular weight excluding hydrogens is 430 g/mol. The number of aromatic nitrogens is 1. The van der Waals surface area contributed by atoms with Crippen LogP contribution in [0.1, 0.15) is 25.5 Å². The van der Waals surface area contributed by atoms with Crippen LogP contribution in [0.4, 0.5) is 5.13 Å². The number of thioether (sulfide) groups is 1. The molecule has 1 aromatic heterocycles. The zero-order chi connectivity index (χ0) is 21.8. The van der Waals surface area contributed by atoms with Crippen molar-refractivity contribution in [1.29, 1.82) is 0 Å². The van der Waals surface area contributed by atoms with Gasteiger partial charge in [0.25, 0.3) is 11.8 Å². The number of nitrogens with zero attached hydrogens (tertiary/aromatic N) is 3. The molecule has 1 saturated heterocycles. The van der Waals surface area contributed by atoms with E-state index in [-0.39, 0.29) is 22.2 Å². The van der Waals surface area contributed by atoms with Crippen LogP contribution in [-0.4, -0.2) is 62.8 Å². The SMILES string of the molecule is CCCC=CC1=C(C(=O)O)N2C(=O)C(NC(=O)C(=NOC)c3csc(N)n3)[C@@H]2SC1. The molecule has 0 spiro atoms. The number of allylic oxidation sites excluding steroid dienone is 2. The van der Waals surface area contributed by atoms with Gasteiger partial charge in [-0.3, -0.25) is 14.5 Å². The van der Waals surface area contributed by atoms with Gasteiger partial charge in [-0.1, -0.05) is 30.7 Å². The largest absolute Gasteiger partial charge is 0.477 e. The van der Waals surface area contributed by atoms with Crippen LogP contribution >= 0.6 is 23.1 Å². The van der Waals surface area contributed by atoms with Crippen molar-refractivity contribution in [3.05, 3.63) is 34.5 Å². The van der Waals surface area contributed by atoms with Crippen LogP contribution in [0.25, 0.3) is 0 Å². The first-order valence-electron chi connectivity index (χ1n) is 9.10. The molecule has 0 bridgehead atoms. The zero-order valence-corrected chi connectivity index (χ0v) is 18.0. The predicted octanol–water partition coefficient (Wildman–Crippen LogP) is 1.17. The molecule has 3 rings (SSSR count). The van der Waals surface area contributed by atoms with E-state index in [1.54, 1.807) is 11.5 Å². The molecule has 1 fully saturated rings. The monoisotopic (exact) mass is 451 g/mol. The van der Waals surface area contributed by atoms with Crippen molar-refractivity contribution < 1.29 is 24.3 Å². The number of rotatable bonds is 8. The number of carbonyl (C=O) groups excluding carboxylic acids is 2. The highest BCUT2D eigenvalue weighted by atomic mass is 32.2. The molecule has 4 N–H and O–H groups in total. The van der Waals surface area contributed by atoms with E-state index >= 15 is 0 Å². The minimum atomic E-state index is -1.17. The van der Waals surface area contributed by atoms with E-state index in [0.717, 1.165) is 24.2 Å². The fourth-order valence-corrected chi connectivity index (χ4v) is 4.93. The number of aliphatic carboxylic acids is 1. The standard InChI is InChI=1S/C18H21N5O5S2/c1-3-4-5-6-9-7-29-16-12(15(25)23(16)13(9)17(26)27)21-14(24)11(22-28-2)10-8-30-18(19)20-10/h5-6,8,12,16H,3-4,7H2,1-2H3,(H2,19,20)(H,21,24)(H,26,27)/t12?,16-/m0/s1. The molecule has 0 radical (unpaired) electrons. The molecule has 2 atom stereocenters. The van der Waals surface area contributed by atoms with Gasteiger partial charge < -0.3 is 21.0 Å². The fourth-order valence-electron chi connectivity index (χ4n) is 3.07. The van der Waals surface area contributed by atoms with Gasteiger partial charge in [0.1, 0.15) is 29.9 Å². The lowest BCUT2D eigenvalue weighted by atomic mass is 10.0. The van der Waals surface area contributed by atoms with Crippen molar-refractivity contribution in [3.63, 3.8) is 0 Å². The van der Waals surface area contributed by atoms with Crippen molar-refractivity contribution >= 4 is 51.7 Å². The summed E-state index contributed by atoms with van der Waals surface area (Å²) in [5.41, 5.74) is 6.26. The van der Waals surface area contributed by atoms with E-state index in [4.69, 9.17) is 10.6 Å². The molecule has 0 aliphatic carbocycles. The Morgan fingerprint density at radius 1 is 1.53 bits per heavy atom. The molecule has 2 aliphatic heterocycles. The number of nitrogen functional groups attached to an aromatic ring is 1. The average molecular weight is 452 g/mol. The molecule has 0 saturated carbocycles. The third-order valence-corrected chi connectivity index (χ3v) is 6.40. The van der Waals surface area contributed by atoms with Crippen LogP contribution in [0.5, 0.6) is 0 Å². The summed E-state index contributed by atoms with van der Waals surface area (Å²) in [5, 5.41) is 17.3. The Kier molecular flexibility index (Phi) is 6.77. The molecular formula is C18H21N5O5S2. The third kappa shape index (κ3) is 4.19. The van der Waals surface area contributed by atoms with Gasteiger partial charge in [0.2, 0.25) is 0 Å². The minimum absolute atomic E-state index is 0.0420. The Hall–Kier alpha value is -2.86. The lowest BCUT2D eigenvalue weighted by Crippen LogP contribution is -2.71. The van der Waals surface area contributed by atoms with E-state index in [1.807, 2.05) is 13.0 Å². The molecule has 3 heterocycles. The summed E-state index contributed by atoms with van der Waals surface area (Å²) in [5.74, 6) is -1.90. The van der Waals surface area contributed by atoms with Gasteiger partial charge in [-0.2, -0.15) is 0 Å². The lowest BCUT2D eigenvalue weighted by molar-refractivity contribution is -0.150. The Bertz CT molecular complexity index is 955. The Morgan fingerprint density at radius 2 is 2.30 bits per heavy atom. The predicted molar refractivity (Wildman–Crippen MR) is 114 cm³/mol. The van der Waals surface area contributed by atoms with Crippen molar-refractivity contribution in [2.24, 2.45) is 5.16 Å². The maximum Gasteiger partial charge on any atom is 0.352 e. The summed E-state index contributed by atoms with van der Waals surface area (Å²) in [4.78, 5) is 47.2. The van der Waals surface area contributed by atoms with Crippen molar-refractivity contribution in [2.75, 3.05) is 18.6 Å². The summed E-state index contributed by atoms with van der Waals surface area (Å²) in [6.45, 7) is 2.02. The maximum atomic E-state index is 12.7. The number of hydrogen-bond acceptors (Lipinski definition) is 9. The first-order valence-corrected chi connectivity index (χ1v) is 11.0. The molecule has 160 valence electrons. The van der Waals surface area contributed by atoms with Gasteiger partial charge in [0, 0.05) is 11.1 Å². The van der Waals surface area contributed by atoms with E-state index in [0.29, 0.717) is 11.3 Å². The number of carboxylic acid groups (broad SMARTS) is 1. The number of hydrogen-bond donors (Lipinski definition) is 3. The topological polar surface area (TPSA) is 147 Å². The molecule has 30 heavy (non-hydrogen) atoms. The van der Waals surface area contributed by atoms with Crippen molar-refractivity contribution in [1.82, 2.24) is 15.2 Å². The van der Waals surface area contributed by atoms with Crippen LogP contribution in [0.2, 0.25) is 0 Å². The number of fused-ring (bicyclic) bond motifs is 1. The van der Waals surface area contributed by atoms with Gasteiger partial charge in [0.05, 0.1) is 0 Å². The number of β-lactam (4-membered cyclic amide) rings is 1. The second-order valence-electron chi connectivity index (χ2n) is 6.42. The first-order chi connectivity index (χ1) is 14.4. The number of carboxylic acids is 1. The van der Waals surface area contributed by atoms with Crippen molar-refractivity contribution in [2.45, 2.75) is 31.2 Å². The average Bonchev–Trinajstić information content (AvgIpc) is 3.15. The number of oxime groups is 1. The molecule has 1 aromatic rings. The summed E-state index contributed by atoms with van der Waals surface area (Å²) in [6, 6.07) is -0.879. The van der Waals surface area contributed by atoms with Crippen LogP contribution in [0, 0.1) is 0 Å². The second kappa shape index (κ2) is 9.30. The normalized spacial score (nSPS) is 21.5. The van der Waals surface area contributed by atoms with Gasteiger partial charge in [-0.15, -0.1) is 23.1 Å². The highest BCUT2D eigenvalue weighted by molar-refractivity contribution is 8.00. The summed E-state index contributed by atoms with van der Waals surface area (Å²) < 4.78 is 0. The van der Waals surface area contributed by atoms with E-state index < -0.39 is 29.2 Å². The van der Waals surface area contributed by atoms with E-state index in [1.165, 1.54) is 23.8 Å². The number of nitrogens with one attached hydrogen (secondary N) is 1. The number of thiazole rings is 1. The van der Waals surface area contributed by atoms with Crippen LogP contribution in [-0.2, 0) is 19.2 Å². The number of amides is 2. The molecule has 2 amide bonds. The molecule has 12 heteroatoms. The fraction of sp³-hybridized carbons (Fsp3) is 0.389. The van der Waals surface area contributed by atoms with E-state index in [2.05, 4.69) is 15.5 Å². The number of unbranched alkanes of at least 4 members (excludes halogenated alkanes) is 1. The summed E-state index contributed by atoms with van der Waals surface area (Å²) >= 11 is 2.53. The second-order valence-corrected chi connectivity index (χ2v) is 8.42. The van der Waals surface area contributed by atoms with Crippen LogP contribution < -0.4 is 11.1 Å². The number of anilines is 1. The Labute approximate surface area is 180 Å². The van der Waals surface area contributed by atoms with Crippen LogP contribution in [0.15, 0.2) is 34.0 Å². The Morgan fingerprint density at radius 3 is 2.90 bits per heavy atom. The smallest absolute Gasteiger partial charge is 0.352 e. The third-order valence-electron chi connectivity index (χ3n) is 4.42. The first kappa shape index (κ1) is 21.8. The zero-order valence-electron chi connectivity index (χ0n) is 16.3. The highest BCUT2D eigenvalue weighted by Crippen LogP contribution is 2.40. The maximum absolute atomic E-state index is 12.7. The quantitative estimate of drug-likeness (QED) is 0.303. The number of carbonyl (C=O) groups is 3. The van der Waals surface area contributed by atoms with E-state index in [9.17, 15) is 19.5 Å². The van der Waals surface area contributed by atoms with Gasteiger partial charge in [-0.25, -0.2) is 9.78 Å². The summed E-state index contributed by atoms with van der Waals surface area (Å²) in [6.07, 6.45) is 5.41. The molecule has 2 aliphatic rings. The molecule has 0 aromatic carbocycles. The highest BCUT2D eigenvalue weighted by Gasteiger charge is 2.54. The lowest BCUT2D eigenvalue weighted by Gasteiger charge is -2.49. The molecule has 1 unspecified atom stereocenters. The van der Waals surface area contributed by atoms with Crippen LogP contribution in [0.3, 0.4) is 0 Å². The summed E-state index contributed by atoms with van der Waals surface area (Å²) in [7, 11) is 1.29. The number of nitrogens with two attached hydrogens (primary N) is 1.